The number of carbonyl (C=O) groups is 3. The smallest absolute Gasteiger partial charge is 0.303 e. The zero-order valence-electron chi connectivity index (χ0n) is 25.1. The lowest BCUT2D eigenvalue weighted by Gasteiger charge is -2.32. The molecule has 0 aromatic heterocycles. The molecular formula is C33H37ClN2O8. The third-order valence-electron chi connectivity index (χ3n) is 7.34. The molecule has 10 nitrogen and oxygen atoms in total. The maximum Gasteiger partial charge on any atom is 0.303 e. The summed E-state index contributed by atoms with van der Waals surface area (Å²) in [6, 6.07) is 17.4. The Morgan fingerprint density at radius 1 is 1.05 bits per heavy atom. The second-order valence-electron chi connectivity index (χ2n) is 11.4. The molecule has 3 aromatic rings. The molecule has 0 saturated carbocycles. The van der Waals surface area contributed by atoms with Crippen LogP contribution in [0, 0.1) is 5.41 Å². The summed E-state index contributed by atoms with van der Waals surface area (Å²) >= 11 is 6.47. The Kier molecular flexibility index (Phi) is 10.5. The quantitative estimate of drug-likeness (QED) is 0.249. The molecule has 1 aliphatic heterocycles. The van der Waals surface area contributed by atoms with E-state index in [0.717, 1.165) is 5.56 Å². The van der Waals surface area contributed by atoms with Gasteiger partial charge in [-0.25, -0.2) is 0 Å². The molecule has 11 heteroatoms. The van der Waals surface area contributed by atoms with Crippen molar-refractivity contribution in [1.29, 1.82) is 0 Å². The van der Waals surface area contributed by atoms with Gasteiger partial charge in [-0.05, 0) is 48.4 Å². The lowest BCUT2D eigenvalue weighted by molar-refractivity contribution is -0.137. The number of hydrogen-bond acceptors (Lipinski definition) is 7. The van der Waals surface area contributed by atoms with E-state index < -0.39 is 35.4 Å². The molecule has 44 heavy (non-hydrogen) atoms. The highest BCUT2D eigenvalue weighted by Gasteiger charge is 2.40. The van der Waals surface area contributed by atoms with E-state index in [-0.39, 0.29) is 26.0 Å². The van der Waals surface area contributed by atoms with Gasteiger partial charge in [0.2, 0.25) is 5.91 Å². The molecule has 2 amide bonds. The summed E-state index contributed by atoms with van der Waals surface area (Å²) < 4.78 is 17.8. The van der Waals surface area contributed by atoms with Crippen LogP contribution >= 0.6 is 11.6 Å². The number of ether oxygens (including phenoxy) is 3. The summed E-state index contributed by atoms with van der Waals surface area (Å²) in [4.78, 5) is 40.2. The van der Waals surface area contributed by atoms with Crippen molar-refractivity contribution in [2.75, 3.05) is 37.6 Å². The number of rotatable bonds is 12. The van der Waals surface area contributed by atoms with E-state index in [1.165, 1.54) is 14.2 Å². The van der Waals surface area contributed by atoms with Gasteiger partial charge in [0.15, 0.2) is 11.5 Å². The molecule has 3 N–H and O–H groups in total. The fraction of sp³-hybridized carbons (Fsp3) is 0.364. The van der Waals surface area contributed by atoms with Crippen LogP contribution in [-0.2, 0) is 25.5 Å². The Labute approximate surface area is 261 Å². The molecule has 234 valence electrons. The molecule has 0 fully saturated rings. The number of nitrogens with one attached hydrogen (secondary N) is 1. The zero-order valence-corrected chi connectivity index (χ0v) is 25.9. The van der Waals surface area contributed by atoms with Crippen molar-refractivity contribution >= 4 is 40.8 Å². The summed E-state index contributed by atoms with van der Waals surface area (Å²) in [6.07, 6.45) is -2.16. The molecule has 1 heterocycles. The van der Waals surface area contributed by atoms with Gasteiger partial charge in [-0.15, -0.1) is 0 Å². The van der Waals surface area contributed by atoms with Crippen LogP contribution in [-0.4, -0.2) is 61.5 Å². The van der Waals surface area contributed by atoms with Gasteiger partial charge in [0, 0.05) is 52.5 Å². The number of hydrogen-bond donors (Lipinski definition) is 3. The summed E-state index contributed by atoms with van der Waals surface area (Å²) in [5.74, 6) is -0.973. The van der Waals surface area contributed by atoms with Gasteiger partial charge in [0.25, 0.3) is 5.91 Å². The maximum atomic E-state index is 14.2. The number of fused-ring (bicyclic) bond motifs is 1. The van der Waals surface area contributed by atoms with Crippen LogP contribution in [0.1, 0.15) is 49.5 Å². The van der Waals surface area contributed by atoms with Gasteiger partial charge in [-0.3, -0.25) is 14.4 Å². The number of carboxylic acid groups (broad SMARTS) is 1. The normalized spacial score (nSPS) is 16.6. The molecule has 1 aliphatic rings. The van der Waals surface area contributed by atoms with Crippen LogP contribution < -0.4 is 19.7 Å². The highest BCUT2D eigenvalue weighted by atomic mass is 35.5. The SMILES string of the molecule is COc1cccc([C@@H]2O[C@@H](CC(=O)Nc3cccc(CCC(=O)O)c3)C(=O)N(CC(C)(C)CO)c3ccc(Cl)cc32)c1OC. The second kappa shape index (κ2) is 14.1. The number of halogens is 1. The van der Waals surface area contributed by atoms with Crippen molar-refractivity contribution in [3.8, 4) is 11.5 Å². The minimum Gasteiger partial charge on any atom is -0.493 e. The van der Waals surface area contributed by atoms with E-state index >= 15 is 0 Å². The molecule has 0 saturated heterocycles. The van der Waals surface area contributed by atoms with Gasteiger partial charge in [-0.1, -0.05) is 49.7 Å². The van der Waals surface area contributed by atoms with Gasteiger partial charge in [0.1, 0.15) is 12.2 Å². The van der Waals surface area contributed by atoms with Crippen molar-refractivity contribution < 1.29 is 38.8 Å². The van der Waals surface area contributed by atoms with Crippen molar-refractivity contribution in [1.82, 2.24) is 0 Å². The van der Waals surface area contributed by atoms with E-state index in [0.29, 0.717) is 45.4 Å². The topological polar surface area (TPSA) is 135 Å². The Hall–Kier alpha value is -4.12. The van der Waals surface area contributed by atoms with Crippen molar-refractivity contribution in [3.63, 3.8) is 0 Å². The number of aliphatic hydroxyl groups excluding tert-OH is 1. The first-order valence-electron chi connectivity index (χ1n) is 14.1. The van der Waals surface area contributed by atoms with E-state index in [1.807, 2.05) is 13.8 Å². The number of aliphatic hydroxyl groups is 1. The van der Waals surface area contributed by atoms with Crippen LogP contribution in [0.3, 0.4) is 0 Å². The van der Waals surface area contributed by atoms with Crippen molar-refractivity contribution in [3.05, 3.63) is 82.4 Å². The molecule has 0 spiro atoms. The fourth-order valence-electron chi connectivity index (χ4n) is 5.14. The van der Waals surface area contributed by atoms with E-state index in [1.54, 1.807) is 65.6 Å². The summed E-state index contributed by atoms with van der Waals surface area (Å²) in [5.41, 5.74) is 2.23. The maximum absolute atomic E-state index is 14.2. The highest BCUT2D eigenvalue weighted by Crippen LogP contribution is 2.45. The zero-order chi connectivity index (χ0) is 32.0. The van der Waals surface area contributed by atoms with Gasteiger partial charge >= 0.3 is 5.97 Å². The first-order chi connectivity index (χ1) is 21.0. The van der Waals surface area contributed by atoms with E-state index in [2.05, 4.69) is 5.32 Å². The molecule has 0 bridgehead atoms. The fourth-order valence-corrected chi connectivity index (χ4v) is 5.32. The standard InChI is InChI=1S/C33H37ClN2O8/c1-33(2,19-37)18-36-25-13-12-21(34)16-24(25)30(23-9-6-10-26(42-3)31(23)43-4)44-27(32(36)41)17-28(38)35-22-8-5-7-20(15-22)11-14-29(39)40/h5-10,12-13,15-16,27,30,37H,11,14,17-19H2,1-4H3,(H,35,38)(H,39,40)/t27-,30-/m0/s1. The molecule has 3 aromatic carbocycles. The van der Waals surface area contributed by atoms with Crippen LogP contribution in [0.4, 0.5) is 11.4 Å². The van der Waals surface area contributed by atoms with Crippen LogP contribution in [0.5, 0.6) is 11.5 Å². The predicted molar refractivity (Wildman–Crippen MR) is 167 cm³/mol. The molecule has 2 atom stereocenters. The number of benzene rings is 3. The van der Waals surface area contributed by atoms with Gasteiger partial charge in [-0.2, -0.15) is 0 Å². The molecule has 0 unspecified atom stereocenters. The highest BCUT2D eigenvalue weighted by molar-refractivity contribution is 6.30. The number of nitrogens with zero attached hydrogens (tertiary/aromatic N) is 1. The van der Waals surface area contributed by atoms with E-state index in [9.17, 15) is 19.5 Å². The minimum atomic E-state index is -1.23. The number of carboxylic acids is 1. The molecular weight excluding hydrogens is 588 g/mol. The Morgan fingerprint density at radius 3 is 2.48 bits per heavy atom. The van der Waals surface area contributed by atoms with Gasteiger partial charge < -0.3 is 34.6 Å². The molecule has 4 rings (SSSR count). The minimum absolute atomic E-state index is 0.0401. The number of aliphatic carboxylic acids is 1. The molecule has 0 aliphatic carbocycles. The summed E-state index contributed by atoms with van der Waals surface area (Å²) in [6.45, 7) is 3.63. The van der Waals surface area contributed by atoms with Crippen molar-refractivity contribution in [2.24, 2.45) is 5.41 Å². The van der Waals surface area contributed by atoms with Crippen molar-refractivity contribution in [2.45, 2.75) is 45.3 Å². The first kappa shape index (κ1) is 32.8. The monoisotopic (exact) mass is 624 g/mol. The average molecular weight is 625 g/mol. The average Bonchev–Trinajstić information content (AvgIpc) is 3.09. The number of anilines is 2. The third kappa shape index (κ3) is 7.68. The largest absolute Gasteiger partial charge is 0.493 e. The predicted octanol–water partition coefficient (Wildman–Crippen LogP) is 5.24. The Bertz CT molecular complexity index is 1530. The molecule has 0 radical (unpaired) electrons. The Balaban J connectivity index is 1.75. The second-order valence-corrected chi connectivity index (χ2v) is 11.8. The lowest BCUT2D eigenvalue weighted by atomic mass is 9.92. The van der Waals surface area contributed by atoms with Crippen LogP contribution in [0.15, 0.2) is 60.7 Å². The van der Waals surface area contributed by atoms with Gasteiger partial charge in [0.05, 0.1) is 20.6 Å². The lowest BCUT2D eigenvalue weighted by Crippen LogP contribution is -2.46. The summed E-state index contributed by atoms with van der Waals surface area (Å²) in [7, 11) is 3.03. The van der Waals surface area contributed by atoms with Crippen LogP contribution in [0.2, 0.25) is 5.02 Å². The third-order valence-corrected chi connectivity index (χ3v) is 7.58. The Morgan fingerprint density at radius 2 is 1.80 bits per heavy atom. The van der Waals surface area contributed by atoms with E-state index in [4.69, 9.17) is 30.9 Å². The number of para-hydroxylation sites is 1. The number of carbonyl (C=O) groups excluding carboxylic acids is 2. The first-order valence-corrected chi connectivity index (χ1v) is 14.5. The number of methoxy groups -OCH3 is 2. The van der Waals surface area contributed by atoms with Crippen LogP contribution in [0.25, 0.3) is 0 Å². The number of aryl methyl sites for hydroxylation is 1. The number of amides is 2. The summed E-state index contributed by atoms with van der Waals surface area (Å²) in [5, 5.41) is 22.3.